The molecule has 0 bridgehead atoms. The predicted molar refractivity (Wildman–Crippen MR) is 116 cm³/mol. The first-order valence-electron chi connectivity index (χ1n) is 9.79. The molecule has 1 atom stereocenters. The third kappa shape index (κ3) is 4.16. The second-order valence-electron chi connectivity index (χ2n) is 7.43. The minimum atomic E-state index is -3.89. The van der Waals surface area contributed by atoms with Gasteiger partial charge in [-0.25, -0.2) is 8.42 Å². The van der Waals surface area contributed by atoms with Gasteiger partial charge in [-0.1, -0.05) is 31.2 Å². The van der Waals surface area contributed by atoms with Crippen molar-refractivity contribution < 1.29 is 18.1 Å². The zero-order valence-corrected chi connectivity index (χ0v) is 18.1. The zero-order chi connectivity index (χ0) is 22.1. The second kappa shape index (κ2) is 8.43. The summed E-state index contributed by atoms with van der Waals surface area (Å²) in [7, 11) is -3.89. The number of nitro groups is 1. The summed E-state index contributed by atoms with van der Waals surface area (Å²) in [5.74, 6) is -0.332. The van der Waals surface area contributed by atoms with E-state index >= 15 is 0 Å². The number of hydrogen-bond donors (Lipinski definition) is 0. The van der Waals surface area contributed by atoms with Gasteiger partial charge in [-0.15, -0.1) is 0 Å². The van der Waals surface area contributed by atoms with Crippen molar-refractivity contribution in [3.63, 3.8) is 0 Å². The molecule has 0 fully saturated rings. The number of carbonyl (C=O) groups excluding carboxylic acids is 1. The Kier molecular flexibility index (Phi) is 6.12. The molecule has 0 unspecified atom stereocenters. The van der Waals surface area contributed by atoms with Crippen molar-refractivity contribution in [1.29, 1.82) is 0 Å². The number of amides is 1. The van der Waals surface area contributed by atoms with Gasteiger partial charge in [0.15, 0.2) is 0 Å². The van der Waals surface area contributed by atoms with E-state index in [0.717, 1.165) is 34.7 Å². The average Bonchev–Trinajstić information content (AvgIpc) is 2.70. The largest absolute Gasteiger partial charge is 0.310 e. The first-order chi connectivity index (χ1) is 14.1. The summed E-state index contributed by atoms with van der Waals surface area (Å²) in [6, 6.07) is 10.6. The van der Waals surface area contributed by atoms with E-state index in [1.165, 1.54) is 18.2 Å². The normalized spacial score (nSPS) is 14.7. The molecule has 1 aliphatic heterocycles. The number of nitro benzene ring substituents is 1. The smallest absolute Gasteiger partial charge is 0.271 e. The Hall–Kier alpha value is -2.94. The Balaban J connectivity index is 2.10. The molecule has 1 aliphatic rings. The quantitative estimate of drug-likeness (QED) is 0.515. The maximum Gasteiger partial charge on any atom is 0.271 e. The number of aryl methyl sites for hydroxylation is 2. The molecule has 2 aromatic rings. The summed E-state index contributed by atoms with van der Waals surface area (Å²) >= 11 is 0. The lowest BCUT2D eigenvalue weighted by Gasteiger charge is -2.37. The summed E-state index contributed by atoms with van der Waals surface area (Å²) in [5, 5.41) is 11.3. The minimum Gasteiger partial charge on any atom is -0.310 e. The molecule has 1 heterocycles. The number of anilines is 2. The van der Waals surface area contributed by atoms with Crippen LogP contribution in [0.1, 0.15) is 30.9 Å². The molecule has 160 valence electrons. The number of fused-ring (bicyclic) bond motifs is 1. The topological polar surface area (TPSA) is 101 Å². The van der Waals surface area contributed by atoms with Gasteiger partial charge in [-0.2, -0.15) is 0 Å². The van der Waals surface area contributed by atoms with E-state index in [0.29, 0.717) is 12.1 Å². The summed E-state index contributed by atoms with van der Waals surface area (Å²) in [4.78, 5) is 25.9. The highest BCUT2D eigenvalue weighted by atomic mass is 32.2. The van der Waals surface area contributed by atoms with Crippen LogP contribution in [0.3, 0.4) is 0 Å². The highest BCUT2D eigenvalue weighted by Crippen LogP contribution is 2.33. The SMILES string of the molecule is CC[C@H](C(=O)N1CCCc2ccccc21)N(c1cc([N+](=O)[O-])ccc1C)S(C)(=O)=O. The Bertz CT molecular complexity index is 1080. The van der Waals surface area contributed by atoms with Crippen molar-refractivity contribution in [3.05, 3.63) is 63.7 Å². The zero-order valence-electron chi connectivity index (χ0n) is 17.2. The fraction of sp³-hybridized carbons (Fsp3) is 0.381. The predicted octanol–water partition coefficient (Wildman–Crippen LogP) is 3.43. The number of benzene rings is 2. The molecule has 0 saturated heterocycles. The first-order valence-corrected chi connectivity index (χ1v) is 11.6. The first kappa shape index (κ1) is 21.8. The summed E-state index contributed by atoms with van der Waals surface area (Å²) in [6.45, 7) is 3.91. The molecular weight excluding hydrogens is 406 g/mol. The molecule has 8 nitrogen and oxygen atoms in total. The molecule has 30 heavy (non-hydrogen) atoms. The van der Waals surface area contributed by atoms with Gasteiger partial charge in [0.2, 0.25) is 10.0 Å². The fourth-order valence-electron chi connectivity index (χ4n) is 3.91. The van der Waals surface area contributed by atoms with E-state index < -0.39 is 21.0 Å². The third-order valence-electron chi connectivity index (χ3n) is 5.33. The van der Waals surface area contributed by atoms with E-state index in [2.05, 4.69) is 0 Å². The summed E-state index contributed by atoms with van der Waals surface area (Å²) in [5.41, 5.74) is 2.30. The maximum atomic E-state index is 13.6. The standard InChI is InChI=1S/C21H25N3O5S/c1-4-18(21(25)22-13-7-9-16-8-5-6-10-19(16)22)23(30(3,28)29)20-14-17(24(26)27)12-11-15(20)2/h5-6,8,10-12,14,18H,4,7,9,13H2,1-3H3/t18-/m1/s1. The van der Waals surface area contributed by atoms with E-state index in [4.69, 9.17) is 0 Å². The van der Waals surface area contributed by atoms with Crippen molar-refractivity contribution >= 4 is 33.0 Å². The number of rotatable bonds is 6. The molecule has 0 N–H and O–H groups in total. The van der Waals surface area contributed by atoms with Crippen LogP contribution in [0.2, 0.25) is 0 Å². The number of hydrogen-bond acceptors (Lipinski definition) is 5. The molecule has 0 radical (unpaired) electrons. The van der Waals surface area contributed by atoms with Gasteiger partial charge in [0.1, 0.15) is 6.04 Å². The molecule has 0 saturated carbocycles. The van der Waals surface area contributed by atoms with Gasteiger partial charge in [-0.3, -0.25) is 19.2 Å². The Labute approximate surface area is 176 Å². The van der Waals surface area contributed by atoms with E-state index in [1.54, 1.807) is 18.7 Å². The number of para-hydroxylation sites is 1. The molecule has 3 rings (SSSR count). The van der Waals surface area contributed by atoms with E-state index in [1.807, 2.05) is 24.3 Å². The van der Waals surface area contributed by atoms with E-state index in [-0.39, 0.29) is 23.7 Å². The monoisotopic (exact) mass is 431 g/mol. The minimum absolute atomic E-state index is 0.150. The molecular formula is C21H25N3O5S. The van der Waals surface area contributed by atoms with Crippen LogP contribution in [0.5, 0.6) is 0 Å². The second-order valence-corrected chi connectivity index (χ2v) is 9.29. The lowest BCUT2D eigenvalue weighted by atomic mass is 10.0. The number of nitrogens with zero attached hydrogens (tertiary/aromatic N) is 3. The summed E-state index contributed by atoms with van der Waals surface area (Å²) < 4.78 is 26.6. The van der Waals surface area contributed by atoms with Crippen molar-refractivity contribution in [2.75, 3.05) is 22.0 Å². The molecule has 0 spiro atoms. The molecule has 1 amide bonds. The van der Waals surface area contributed by atoms with E-state index in [9.17, 15) is 23.3 Å². The van der Waals surface area contributed by atoms with Crippen molar-refractivity contribution in [2.45, 2.75) is 39.2 Å². The van der Waals surface area contributed by atoms with Crippen molar-refractivity contribution in [1.82, 2.24) is 0 Å². The molecule has 2 aromatic carbocycles. The van der Waals surface area contributed by atoms with Crippen LogP contribution in [0.25, 0.3) is 0 Å². The number of non-ortho nitro benzene ring substituents is 1. The van der Waals surface area contributed by atoms with Gasteiger partial charge in [0.05, 0.1) is 16.9 Å². The lowest BCUT2D eigenvalue weighted by molar-refractivity contribution is -0.384. The Morgan fingerprint density at radius 1 is 1.27 bits per heavy atom. The molecule has 0 aliphatic carbocycles. The Morgan fingerprint density at radius 3 is 2.60 bits per heavy atom. The fourth-order valence-corrected chi connectivity index (χ4v) is 5.17. The van der Waals surface area contributed by atoms with Crippen LogP contribution >= 0.6 is 0 Å². The van der Waals surface area contributed by atoms with Gasteiger partial charge in [-0.05, 0) is 43.4 Å². The third-order valence-corrected chi connectivity index (χ3v) is 6.50. The van der Waals surface area contributed by atoms with Crippen LogP contribution < -0.4 is 9.21 Å². The van der Waals surface area contributed by atoms with Gasteiger partial charge < -0.3 is 4.90 Å². The van der Waals surface area contributed by atoms with Crippen LogP contribution in [0.15, 0.2) is 42.5 Å². The maximum absolute atomic E-state index is 13.6. The van der Waals surface area contributed by atoms with Gasteiger partial charge >= 0.3 is 0 Å². The highest BCUT2D eigenvalue weighted by molar-refractivity contribution is 7.92. The van der Waals surface area contributed by atoms with Gasteiger partial charge in [0.25, 0.3) is 11.6 Å². The van der Waals surface area contributed by atoms with Crippen LogP contribution in [0, 0.1) is 17.0 Å². The van der Waals surface area contributed by atoms with Gasteiger partial charge in [0, 0.05) is 24.4 Å². The van der Waals surface area contributed by atoms with Crippen molar-refractivity contribution in [2.24, 2.45) is 0 Å². The van der Waals surface area contributed by atoms with Crippen molar-refractivity contribution in [3.8, 4) is 0 Å². The lowest BCUT2D eigenvalue weighted by Crippen LogP contribution is -2.52. The number of sulfonamides is 1. The Morgan fingerprint density at radius 2 is 1.97 bits per heavy atom. The van der Waals surface area contributed by atoms with Crippen LogP contribution in [-0.2, 0) is 21.2 Å². The molecule has 0 aromatic heterocycles. The number of carbonyl (C=O) groups is 1. The average molecular weight is 432 g/mol. The van der Waals surface area contributed by atoms with Crippen LogP contribution in [0.4, 0.5) is 17.1 Å². The highest BCUT2D eigenvalue weighted by Gasteiger charge is 2.37. The molecule has 9 heteroatoms. The van der Waals surface area contributed by atoms with Crippen LogP contribution in [-0.4, -0.2) is 38.1 Å². The summed E-state index contributed by atoms with van der Waals surface area (Å²) in [6.07, 6.45) is 2.89.